The van der Waals surface area contributed by atoms with E-state index in [1.807, 2.05) is 62.8 Å². The van der Waals surface area contributed by atoms with Crippen LogP contribution >= 0.6 is 11.3 Å². The van der Waals surface area contributed by atoms with Crippen LogP contribution in [-0.2, 0) is 11.3 Å². The summed E-state index contributed by atoms with van der Waals surface area (Å²) in [6, 6.07) is 11.1. The molecule has 2 aromatic heterocycles. The van der Waals surface area contributed by atoms with Crippen LogP contribution in [0.25, 0.3) is 0 Å². The lowest BCUT2D eigenvalue weighted by molar-refractivity contribution is -0.133. The minimum absolute atomic E-state index is 0.00551. The van der Waals surface area contributed by atoms with Gasteiger partial charge in [0, 0.05) is 30.5 Å². The van der Waals surface area contributed by atoms with Crippen molar-refractivity contribution in [3.63, 3.8) is 0 Å². The highest BCUT2D eigenvalue weighted by atomic mass is 32.1. The van der Waals surface area contributed by atoms with E-state index < -0.39 is 6.04 Å². The lowest BCUT2D eigenvalue weighted by Crippen LogP contribution is -2.34. The van der Waals surface area contributed by atoms with Gasteiger partial charge in [-0.1, -0.05) is 30.3 Å². The van der Waals surface area contributed by atoms with Gasteiger partial charge in [0.1, 0.15) is 0 Å². The molecular formula is C17H18N4OS. The number of likely N-dealkylation sites (N-methyl/N-ethyl adjacent to an activating group) is 1. The fourth-order valence-electron chi connectivity index (χ4n) is 2.48. The van der Waals surface area contributed by atoms with Gasteiger partial charge in [0.05, 0.1) is 11.6 Å². The predicted octanol–water partition coefficient (Wildman–Crippen LogP) is 2.90. The first-order valence-corrected chi connectivity index (χ1v) is 8.17. The Kier molecular flexibility index (Phi) is 4.52. The largest absolute Gasteiger partial charge is 0.338 e. The third-order valence-electron chi connectivity index (χ3n) is 3.58. The Morgan fingerprint density at radius 1 is 1.30 bits per heavy atom. The van der Waals surface area contributed by atoms with Gasteiger partial charge in [-0.3, -0.25) is 9.48 Å². The van der Waals surface area contributed by atoms with Crippen LogP contribution in [0.3, 0.4) is 0 Å². The zero-order valence-electron chi connectivity index (χ0n) is 13.1. The minimum atomic E-state index is -0.454. The second-order valence-corrected chi connectivity index (χ2v) is 6.66. The monoisotopic (exact) mass is 326 g/mol. The first-order valence-electron chi connectivity index (χ1n) is 7.35. The Labute approximate surface area is 139 Å². The second-order valence-electron chi connectivity index (χ2n) is 5.34. The molecule has 0 aliphatic heterocycles. The molecule has 0 N–H and O–H groups in total. The fraction of sp³-hybridized carbons (Fsp3) is 0.235. The Bertz CT molecular complexity index is 767. The van der Waals surface area contributed by atoms with E-state index in [2.05, 4.69) is 10.1 Å². The molecule has 1 aromatic carbocycles. The molecule has 1 amide bonds. The van der Waals surface area contributed by atoms with Gasteiger partial charge in [0.15, 0.2) is 6.04 Å². The van der Waals surface area contributed by atoms with E-state index in [1.54, 1.807) is 27.1 Å². The summed E-state index contributed by atoms with van der Waals surface area (Å²) in [5, 5.41) is 5.27. The zero-order valence-corrected chi connectivity index (χ0v) is 13.9. The number of thiazole rings is 1. The summed E-state index contributed by atoms with van der Waals surface area (Å²) >= 11 is 1.61. The molecule has 6 heteroatoms. The van der Waals surface area contributed by atoms with Crippen LogP contribution in [0, 0.1) is 6.92 Å². The first kappa shape index (κ1) is 15.4. The average Bonchev–Trinajstić information content (AvgIpc) is 3.21. The number of aromatic nitrogens is 3. The molecule has 0 radical (unpaired) electrons. The van der Waals surface area contributed by atoms with Crippen molar-refractivity contribution in [2.24, 2.45) is 0 Å². The van der Waals surface area contributed by atoms with Gasteiger partial charge in [0.2, 0.25) is 0 Å². The molecule has 0 fully saturated rings. The average molecular weight is 326 g/mol. The van der Waals surface area contributed by atoms with Crippen molar-refractivity contribution in [3.05, 3.63) is 70.4 Å². The zero-order chi connectivity index (χ0) is 16.2. The number of amides is 1. The molecule has 1 atom stereocenters. The normalized spacial score (nSPS) is 12.1. The van der Waals surface area contributed by atoms with Crippen LogP contribution in [0.2, 0.25) is 0 Å². The molecule has 2 heterocycles. The summed E-state index contributed by atoms with van der Waals surface area (Å²) < 4.78 is 1.70. The number of carbonyl (C=O) groups is 1. The van der Waals surface area contributed by atoms with Gasteiger partial charge >= 0.3 is 0 Å². The number of carbonyl (C=O) groups excluding carboxylic acids is 1. The van der Waals surface area contributed by atoms with Crippen molar-refractivity contribution in [2.75, 3.05) is 7.05 Å². The number of rotatable bonds is 5. The Morgan fingerprint density at radius 3 is 2.70 bits per heavy atom. The number of hydrogen-bond donors (Lipinski definition) is 0. The van der Waals surface area contributed by atoms with Crippen LogP contribution < -0.4 is 0 Å². The van der Waals surface area contributed by atoms with Gasteiger partial charge in [-0.15, -0.1) is 11.3 Å². The molecule has 0 aliphatic carbocycles. The fourth-order valence-corrected chi connectivity index (χ4v) is 3.32. The van der Waals surface area contributed by atoms with Gasteiger partial charge in [-0.2, -0.15) is 5.10 Å². The number of aryl methyl sites for hydroxylation is 1. The quantitative estimate of drug-likeness (QED) is 0.724. The topological polar surface area (TPSA) is 51.0 Å². The molecule has 0 saturated heterocycles. The summed E-state index contributed by atoms with van der Waals surface area (Å²) in [5.41, 5.74) is 0.925. The molecular weight excluding hydrogens is 308 g/mol. The molecule has 1 unspecified atom stereocenters. The molecule has 118 valence electrons. The molecule has 3 aromatic rings. The van der Waals surface area contributed by atoms with Crippen LogP contribution in [0.4, 0.5) is 0 Å². The van der Waals surface area contributed by atoms with E-state index in [-0.39, 0.29) is 5.91 Å². The van der Waals surface area contributed by atoms with Crippen molar-refractivity contribution < 1.29 is 4.79 Å². The van der Waals surface area contributed by atoms with Crippen molar-refractivity contribution in [1.29, 1.82) is 0 Å². The van der Waals surface area contributed by atoms with Crippen LogP contribution in [0.5, 0.6) is 0 Å². The van der Waals surface area contributed by atoms with Crippen LogP contribution in [0.1, 0.15) is 21.5 Å². The van der Waals surface area contributed by atoms with Crippen molar-refractivity contribution in [3.8, 4) is 0 Å². The van der Waals surface area contributed by atoms with Gasteiger partial charge in [0.25, 0.3) is 5.91 Å². The van der Waals surface area contributed by atoms with Crippen LogP contribution in [-0.4, -0.2) is 32.6 Å². The smallest absolute Gasteiger partial charge is 0.252 e. The van der Waals surface area contributed by atoms with Gasteiger partial charge in [-0.05, 0) is 18.6 Å². The summed E-state index contributed by atoms with van der Waals surface area (Å²) in [6.45, 7) is 2.52. The molecule has 3 rings (SSSR count). The number of benzene rings is 1. The van der Waals surface area contributed by atoms with Gasteiger partial charge < -0.3 is 4.90 Å². The van der Waals surface area contributed by atoms with Crippen molar-refractivity contribution >= 4 is 17.2 Å². The summed E-state index contributed by atoms with van der Waals surface area (Å²) in [6.07, 6.45) is 5.34. The molecule has 0 spiro atoms. The molecule has 0 bridgehead atoms. The molecule has 0 aliphatic rings. The maximum Gasteiger partial charge on any atom is 0.252 e. The lowest BCUT2D eigenvalue weighted by Gasteiger charge is -2.24. The standard InChI is InChI=1S/C17H18N4OS/c1-13-18-11-15(23-13)12-20(2)17(22)16(21-10-6-9-19-21)14-7-4-3-5-8-14/h3-11,16H,12H2,1-2H3. The molecule has 5 nitrogen and oxygen atoms in total. The maximum atomic E-state index is 13.0. The van der Waals surface area contributed by atoms with Crippen molar-refractivity contribution in [2.45, 2.75) is 19.5 Å². The van der Waals surface area contributed by atoms with E-state index in [0.717, 1.165) is 15.4 Å². The predicted molar refractivity (Wildman–Crippen MR) is 90.1 cm³/mol. The Balaban J connectivity index is 1.86. The highest BCUT2D eigenvalue weighted by Gasteiger charge is 2.26. The van der Waals surface area contributed by atoms with E-state index in [1.165, 1.54) is 0 Å². The first-order chi connectivity index (χ1) is 11.1. The Morgan fingerprint density at radius 2 is 2.09 bits per heavy atom. The SMILES string of the molecule is Cc1ncc(CN(C)C(=O)C(c2ccccc2)n2cccn2)s1. The molecule has 23 heavy (non-hydrogen) atoms. The minimum Gasteiger partial charge on any atom is -0.338 e. The third kappa shape index (κ3) is 3.48. The van der Waals surface area contributed by atoms with Crippen molar-refractivity contribution in [1.82, 2.24) is 19.7 Å². The van der Waals surface area contributed by atoms with E-state index >= 15 is 0 Å². The highest BCUT2D eigenvalue weighted by molar-refractivity contribution is 7.11. The van der Waals surface area contributed by atoms with Crippen LogP contribution in [0.15, 0.2) is 55.0 Å². The van der Waals surface area contributed by atoms with Gasteiger partial charge in [-0.25, -0.2) is 4.98 Å². The van der Waals surface area contributed by atoms with E-state index in [9.17, 15) is 4.79 Å². The highest BCUT2D eigenvalue weighted by Crippen LogP contribution is 2.21. The summed E-state index contributed by atoms with van der Waals surface area (Å²) in [7, 11) is 1.82. The number of hydrogen-bond acceptors (Lipinski definition) is 4. The third-order valence-corrected chi connectivity index (χ3v) is 4.47. The van der Waals surface area contributed by atoms with E-state index in [4.69, 9.17) is 0 Å². The maximum absolute atomic E-state index is 13.0. The lowest BCUT2D eigenvalue weighted by atomic mass is 10.1. The molecule has 0 saturated carbocycles. The van der Waals surface area contributed by atoms with E-state index in [0.29, 0.717) is 6.54 Å². The summed E-state index contributed by atoms with van der Waals surface area (Å²) in [4.78, 5) is 20.1. The summed E-state index contributed by atoms with van der Waals surface area (Å²) in [5.74, 6) is 0.00551. The second kappa shape index (κ2) is 6.75. The number of nitrogens with zero attached hydrogens (tertiary/aromatic N) is 4. The Hall–Kier alpha value is -2.47.